The standard InChI is InChI=1S/C6H3ClN2/c7-5-2-1-3-6(4-5)9-8/h1,3-4H/q+1. The van der Waals surface area contributed by atoms with Crippen LogP contribution in [0.1, 0.15) is 0 Å². The third kappa shape index (κ3) is 1.41. The number of halogens is 1. The maximum atomic E-state index is 8.21. The Morgan fingerprint density at radius 3 is 2.89 bits per heavy atom. The monoisotopic (exact) mass is 138 g/mol. The van der Waals surface area contributed by atoms with Crippen molar-refractivity contribution >= 4 is 17.3 Å². The number of hydrogen-bond acceptors (Lipinski definition) is 1. The molecule has 0 spiro atoms. The Bertz CT molecular complexity index is 251. The highest BCUT2D eigenvalue weighted by Crippen LogP contribution is 2.16. The van der Waals surface area contributed by atoms with Gasteiger partial charge >= 0.3 is 5.69 Å². The summed E-state index contributed by atoms with van der Waals surface area (Å²) in [6.07, 6.45) is 0. The molecule has 1 radical (unpaired) electrons. The maximum absolute atomic E-state index is 8.21. The van der Waals surface area contributed by atoms with Gasteiger partial charge in [-0.25, -0.2) is 0 Å². The van der Waals surface area contributed by atoms with Crippen molar-refractivity contribution in [2.45, 2.75) is 0 Å². The molecule has 43 valence electrons. The highest BCUT2D eigenvalue weighted by Gasteiger charge is 2.01. The molecule has 0 saturated carbocycles. The average molecular weight is 139 g/mol. The molecule has 0 fully saturated rings. The third-order valence-electron chi connectivity index (χ3n) is 0.865. The van der Waals surface area contributed by atoms with E-state index >= 15 is 0 Å². The molecule has 3 heteroatoms. The number of rotatable bonds is 0. The first-order valence-electron chi connectivity index (χ1n) is 2.35. The second-order valence-electron chi connectivity index (χ2n) is 1.49. The van der Waals surface area contributed by atoms with Crippen molar-refractivity contribution in [3.8, 4) is 0 Å². The molecule has 0 N–H and O–H groups in total. The molecule has 0 aliphatic rings. The van der Waals surface area contributed by atoms with E-state index in [1.54, 1.807) is 12.1 Å². The summed E-state index contributed by atoms with van der Waals surface area (Å²) in [5, 5.41) is 8.66. The van der Waals surface area contributed by atoms with Crippen LogP contribution in [0.3, 0.4) is 0 Å². The van der Waals surface area contributed by atoms with Gasteiger partial charge in [0.15, 0.2) is 4.98 Å². The molecule has 0 aromatic heterocycles. The summed E-state index contributed by atoms with van der Waals surface area (Å²) < 4.78 is 0. The Morgan fingerprint density at radius 2 is 2.44 bits per heavy atom. The largest absolute Gasteiger partial charge is 0.386 e. The predicted molar refractivity (Wildman–Crippen MR) is 35.0 cm³/mol. The molecule has 0 amide bonds. The Morgan fingerprint density at radius 1 is 1.67 bits per heavy atom. The Kier molecular flexibility index (Phi) is 1.66. The van der Waals surface area contributed by atoms with Gasteiger partial charge in [0.05, 0.1) is 11.1 Å². The molecule has 0 aliphatic carbocycles. The lowest BCUT2D eigenvalue weighted by Gasteiger charge is -1.77. The lowest BCUT2D eigenvalue weighted by molar-refractivity contribution is 1.46. The van der Waals surface area contributed by atoms with Crippen LogP contribution in [0.2, 0.25) is 5.02 Å². The third-order valence-corrected chi connectivity index (χ3v) is 1.08. The number of diazo groups is 1. The molecular formula is C6H3ClN2+. The quantitative estimate of drug-likeness (QED) is 0.507. The zero-order valence-corrected chi connectivity index (χ0v) is 5.26. The molecule has 2 nitrogen and oxygen atoms in total. The zero-order valence-electron chi connectivity index (χ0n) is 4.50. The van der Waals surface area contributed by atoms with Crippen molar-refractivity contribution in [3.05, 3.63) is 34.3 Å². The molecule has 1 aromatic rings. The fraction of sp³-hybridized carbons (Fsp3) is 0. The molecule has 1 aromatic carbocycles. The fourth-order valence-electron chi connectivity index (χ4n) is 0.488. The second kappa shape index (κ2) is 2.47. The van der Waals surface area contributed by atoms with Crippen molar-refractivity contribution in [3.63, 3.8) is 0 Å². The van der Waals surface area contributed by atoms with Crippen molar-refractivity contribution in [1.29, 1.82) is 5.39 Å². The van der Waals surface area contributed by atoms with Crippen LogP contribution in [-0.4, -0.2) is 0 Å². The molecule has 9 heavy (non-hydrogen) atoms. The zero-order chi connectivity index (χ0) is 6.69. The lowest BCUT2D eigenvalue weighted by Crippen LogP contribution is -1.60. The van der Waals surface area contributed by atoms with Crippen LogP contribution in [0.5, 0.6) is 0 Å². The molecule has 0 heterocycles. The topological polar surface area (TPSA) is 28.1 Å². The summed E-state index contributed by atoms with van der Waals surface area (Å²) in [4.78, 5) is 2.93. The summed E-state index contributed by atoms with van der Waals surface area (Å²) >= 11 is 5.50. The van der Waals surface area contributed by atoms with Gasteiger partial charge in [-0.3, -0.25) is 0 Å². The maximum Gasteiger partial charge on any atom is 0.386 e. The lowest BCUT2D eigenvalue weighted by atomic mass is 10.3. The van der Waals surface area contributed by atoms with E-state index in [4.69, 9.17) is 17.0 Å². The van der Waals surface area contributed by atoms with E-state index in [-0.39, 0.29) is 0 Å². The molecule has 0 aliphatic heterocycles. The van der Waals surface area contributed by atoms with Crippen LogP contribution in [0, 0.1) is 11.5 Å². The Labute approximate surface area is 57.7 Å². The molecule has 0 bridgehead atoms. The van der Waals surface area contributed by atoms with E-state index in [0.717, 1.165) is 0 Å². The summed E-state index contributed by atoms with van der Waals surface area (Å²) in [5.41, 5.74) is 0.443. The van der Waals surface area contributed by atoms with Crippen LogP contribution in [0.25, 0.3) is 4.98 Å². The SMILES string of the molecule is N#[N+]c1cc[c]c(Cl)c1. The molecule has 0 saturated heterocycles. The van der Waals surface area contributed by atoms with Gasteiger partial charge in [-0.05, 0) is 6.07 Å². The van der Waals surface area contributed by atoms with Crippen LogP contribution in [0.15, 0.2) is 18.2 Å². The minimum atomic E-state index is 0.443. The van der Waals surface area contributed by atoms with Crippen molar-refractivity contribution in [2.75, 3.05) is 0 Å². The van der Waals surface area contributed by atoms with Gasteiger partial charge in [0.2, 0.25) is 5.39 Å². The average Bonchev–Trinajstić information content (AvgIpc) is 1.88. The second-order valence-corrected chi connectivity index (χ2v) is 1.90. The van der Waals surface area contributed by atoms with Crippen LogP contribution in [-0.2, 0) is 0 Å². The fourth-order valence-corrected chi connectivity index (χ4v) is 0.663. The summed E-state index contributed by atoms with van der Waals surface area (Å²) in [6.45, 7) is 0. The van der Waals surface area contributed by atoms with Crippen molar-refractivity contribution < 1.29 is 0 Å². The minimum Gasteiger partial charge on any atom is -0.0834 e. The molecule has 0 unspecified atom stereocenters. The van der Waals surface area contributed by atoms with Gasteiger partial charge in [0, 0.05) is 12.1 Å². The first-order chi connectivity index (χ1) is 4.33. The van der Waals surface area contributed by atoms with Crippen molar-refractivity contribution in [2.24, 2.45) is 0 Å². The first-order valence-corrected chi connectivity index (χ1v) is 2.73. The number of benzene rings is 1. The van der Waals surface area contributed by atoms with E-state index < -0.39 is 0 Å². The predicted octanol–water partition coefficient (Wildman–Crippen LogP) is 2.62. The molecule has 1 rings (SSSR count). The van der Waals surface area contributed by atoms with E-state index in [1.807, 2.05) is 0 Å². The summed E-state index contributed by atoms with van der Waals surface area (Å²) in [7, 11) is 0. The van der Waals surface area contributed by atoms with Gasteiger partial charge < -0.3 is 0 Å². The van der Waals surface area contributed by atoms with Gasteiger partial charge in [-0.1, -0.05) is 11.6 Å². The van der Waals surface area contributed by atoms with Crippen LogP contribution < -0.4 is 0 Å². The van der Waals surface area contributed by atoms with Gasteiger partial charge in [-0.2, -0.15) is 0 Å². The van der Waals surface area contributed by atoms with Gasteiger partial charge in [0.1, 0.15) is 0 Å². The van der Waals surface area contributed by atoms with Crippen LogP contribution >= 0.6 is 11.6 Å². The number of hydrogen-bond donors (Lipinski definition) is 0. The summed E-state index contributed by atoms with van der Waals surface area (Å²) in [5.74, 6) is 0. The Balaban J connectivity index is 3.12. The van der Waals surface area contributed by atoms with Crippen molar-refractivity contribution in [1.82, 2.24) is 0 Å². The summed E-state index contributed by atoms with van der Waals surface area (Å²) in [6, 6.07) is 7.41. The van der Waals surface area contributed by atoms with Crippen LogP contribution in [0.4, 0.5) is 5.69 Å². The highest BCUT2D eigenvalue weighted by molar-refractivity contribution is 6.30. The van der Waals surface area contributed by atoms with Gasteiger partial charge in [0.25, 0.3) is 0 Å². The molecule has 0 atom stereocenters. The number of nitrogens with zero attached hydrogens (tertiary/aromatic N) is 2. The van der Waals surface area contributed by atoms with Gasteiger partial charge in [-0.15, -0.1) is 0 Å². The minimum absolute atomic E-state index is 0.443. The smallest absolute Gasteiger partial charge is 0.0834 e. The molecular weight excluding hydrogens is 136 g/mol. The first kappa shape index (κ1) is 6.06. The van der Waals surface area contributed by atoms with E-state index in [9.17, 15) is 0 Å². The van der Waals surface area contributed by atoms with E-state index in [2.05, 4.69) is 11.0 Å². The van der Waals surface area contributed by atoms with E-state index in [0.29, 0.717) is 10.7 Å². The normalized spacial score (nSPS) is 8.44. The highest BCUT2D eigenvalue weighted by atomic mass is 35.5. The van der Waals surface area contributed by atoms with E-state index in [1.165, 1.54) is 6.07 Å². The Hall–Kier alpha value is -1.07.